The molecule has 6 aliphatic rings. The second-order valence-corrected chi connectivity index (χ2v) is 10.3. The van der Waals surface area contributed by atoms with E-state index in [-0.39, 0.29) is 12.0 Å². The van der Waals surface area contributed by atoms with E-state index < -0.39 is 39.5 Å². The third-order valence-corrected chi connectivity index (χ3v) is 9.78. The minimum atomic E-state index is -1.13. The molecule has 0 unspecified atom stereocenters. The number of carboxylic acids is 1. The lowest BCUT2D eigenvalue weighted by molar-refractivity contribution is -0.351. The molecule has 2 saturated heterocycles. The minimum Gasteiger partial charge on any atom is -0.481 e. The lowest BCUT2D eigenvalue weighted by Crippen LogP contribution is -2.78. The van der Waals surface area contributed by atoms with Crippen LogP contribution in [0.3, 0.4) is 0 Å². The molecule has 0 amide bonds. The summed E-state index contributed by atoms with van der Waals surface area (Å²) in [6, 6.07) is 0. The van der Waals surface area contributed by atoms with Gasteiger partial charge in [0.25, 0.3) is 0 Å². The van der Waals surface area contributed by atoms with E-state index in [1.54, 1.807) is 0 Å². The number of fused-ring (bicyclic) bond motifs is 1. The lowest BCUT2D eigenvalue weighted by Gasteiger charge is -2.70. The van der Waals surface area contributed by atoms with Crippen molar-refractivity contribution < 1.29 is 24.9 Å². The molecule has 6 rings (SSSR count). The minimum absolute atomic E-state index is 0.0818. The molecule has 5 heteroatoms. The van der Waals surface area contributed by atoms with Crippen molar-refractivity contribution in [2.45, 2.75) is 89.1 Å². The van der Waals surface area contributed by atoms with E-state index in [1.807, 2.05) is 13.8 Å². The van der Waals surface area contributed by atoms with Crippen LogP contribution in [-0.2, 0) is 9.53 Å². The molecule has 0 aromatic carbocycles. The van der Waals surface area contributed by atoms with Gasteiger partial charge in [0, 0.05) is 10.8 Å². The number of carbonyl (C=O) groups is 1. The standard InChI is InChI=1S/C20H30O5/c1-16(15(22)23)6-4-7-17(2)12(16)5-8-19-10-11-9-13(20(17,19)24)25-18(11,3)14(19)21/h11-14,21,24H,4-10H2,1-3H3,(H,22,23)/t11-,12-,13+,14-,16-,17-,18+,19+,20-/m1/s1. The Bertz CT molecular complexity index is 664. The van der Waals surface area contributed by atoms with Gasteiger partial charge in [-0.05, 0) is 64.2 Å². The van der Waals surface area contributed by atoms with Gasteiger partial charge in [0.1, 0.15) is 5.60 Å². The number of hydrogen-bond donors (Lipinski definition) is 3. The van der Waals surface area contributed by atoms with Gasteiger partial charge in [-0.25, -0.2) is 0 Å². The molecule has 140 valence electrons. The Balaban J connectivity index is 1.69. The lowest BCUT2D eigenvalue weighted by atomic mass is 9.37. The smallest absolute Gasteiger partial charge is 0.309 e. The summed E-state index contributed by atoms with van der Waals surface area (Å²) in [5.41, 5.74) is -3.54. The molecule has 5 nitrogen and oxygen atoms in total. The Kier molecular flexibility index (Phi) is 2.81. The zero-order valence-corrected chi connectivity index (χ0v) is 15.4. The number of aliphatic hydroxyl groups excluding tert-OH is 1. The van der Waals surface area contributed by atoms with Crippen molar-refractivity contribution in [3.8, 4) is 0 Å². The summed E-state index contributed by atoms with van der Waals surface area (Å²) in [7, 11) is 0. The van der Waals surface area contributed by atoms with Crippen molar-refractivity contribution in [1.29, 1.82) is 0 Å². The number of aliphatic carboxylic acids is 1. The second-order valence-electron chi connectivity index (χ2n) is 10.3. The zero-order valence-electron chi connectivity index (χ0n) is 15.4. The van der Waals surface area contributed by atoms with Gasteiger partial charge in [0.15, 0.2) is 0 Å². The molecule has 4 saturated carbocycles. The Morgan fingerprint density at radius 1 is 1.16 bits per heavy atom. The third-order valence-electron chi connectivity index (χ3n) is 9.78. The van der Waals surface area contributed by atoms with E-state index in [9.17, 15) is 20.1 Å². The van der Waals surface area contributed by atoms with Gasteiger partial charge >= 0.3 is 5.97 Å². The van der Waals surface area contributed by atoms with Crippen LogP contribution in [0.25, 0.3) is 0 Å². The number of rotatable bonds is 1. The highest BCUT2D eigenvalue weighted by molar-refractivity contribution is 5.75. The monoisotopic (exact) mass is 350 g/mol. The van der Waals surface area contributed by atoms with Crippen molar-refractivity contribution in [2.24, 2.45) is 28.1 Å². The molecule has 0 aromatic heterocycles. The highest BCUT2D eigenvalue weighted by atomic mass is 16.6. The van der Waals surface area contributed by atoms with E-state index in [1.165, 1.54) is 0 Å². The Morgan fingerprint density at radius 2 is 1.88 bits per heavy atom. The molecule has 1 spiro atoms. The topological polar surface area (TPSA) is 87.0 Å². The first-order valence-corrected chi connectivity index (χ1v) is 9.88. The predicted octanol–water partition coefficient (Wildman–Crippen LogP) is 2.34. The van der Waals surface area contributed by atoms with Crippen LogP contribution in [0.1, 0.15) is 65.7 Å². The molecule has 0 aromatic rings. The molecular formula is C20H30O5. The first-order chi connectivity index (χ1) is 11.6. The Labute approximate surface area is 148 Å². The van der Waals surface area contributed by atoms with Crippen molar-refractivity contribution in [3.05, 3.63) is 0 Å². The molecular weight excluding hydrogens is 320 g/mol. The van der Waals surface area contributed by atoms with Gasteiger partial charge < -0.3 is 20.1 Å². The molecule has 4 bridgehead atoms. The second kappa shape index (κ2) is 4.26. The largest absolute Gasteiger partial charge is 0.481 e. The van der Waals surface area contributed by atoms with Gasteiger partial charge in [0.05, 0.1) is 23.2 Å². The summed E-state index contributed by atoms with van der Waals surface area (Å²) < 4.78 is 6.31. The first kappa shape index (κ1) is 16.5. The average molecular weight is 350 g/mol. The average Bonchev–Trinajstić information content (AvgIpc) is 2.92. The van der Waals surface area contributed by atoms with Crippen molar-refractivity contribution in [2.75, 3.05) is 0 Å². The van der Waals surface area contributed by atoms with Crippen LogP contribution in [0.15, 0.2) is 0 Å². The summed E-state index contributed by atoms with van der Waals surface area (Å²) in [4.78, 5) is 12.1. The number of ether oxygens (including phenoxy) is 1. The summed E-state index contributed by atoms with van der Waals surface area (Å²) in [5, 5.41) is 33.5. The molecule has 3 N–H and O–H groups in total. The first-order valence-electron chi connectivity index (χ1n) is 9.88. The highest BCUT2D eigenvalue weighted by Gasteiger charge is 2.84. The zero-order chi connectivity index (χ0) is 18.0. The SMILES string of the molecule is C[C@]12O[C@H]3C[C@@H]1C[C@@]1(CC[C@@H]4[C@](C)(C(=O)O)CCC[C@@]4(C)[C@]31O)[C@@H]2O. The van der Waals surface area contributed by atoms with Gasteiger partial charge in [-0.3, -0.25) is 4.79 Å². The van der Waals surface area contributed by atoms with Crippen LogP contribution in [-0.4, -0.2) is 44.7 Å². The maximum atomic E-state index is 12.3. The molecule has 0 radical (unpaired) electrons. The number of aliphatic hydroxyl groups is 2. The molecule has 2 heterocycles. The number of hydrogen-bond acceptors (Lipinski definition) is 4. The summed E-state index contributed by atoms with van der Waals surface area (Å²) in [6.45, 7) is 5.96. The van der Waals surface area contributed by atoms with Crippen LogP contribution in [0.5, 0.6) is 0 Å². The normalized spacial score (nSPS) is 64.8. The Hall–Kier alpha value is -0.650. The maximum Gasteiger partial charge on any atom is 0.309 e. The summed E-state index contributed by atoms with van der Waals surface area (Å²) in [5.74, 6) is -0.521. The van der Waals surface area contributed by atoms with Crippen molar-refractivity contribution >= 4 is 5.97 Å². The van der Waals surface area contributed by atoms with Gasteiger partial charge in [-0.1, -0.05) is 13.3 Å². The van der Waals surface area contributed by atoms with E-state index in [0.29, 0.717) is 18.8 Å². The Morgan fingerprint density at radius 3 is 2.52 bits per heavy atom. The predicted molar refractivity (Wildman–Crippen MR) is 89.8 cm³/mol. The van der Waals surface area contributed by atoms with E-state index in [2.05, 4.69) is 6.92 Å². The molecule has 9 atom stereocenters. The van der Waals surface area contributed by atoms with Crippen molar-refractivity contribution in [3.63, 3.8) is 0 Å². The third kappa shape index (κ3) is 1.39. The van der Waals surface area contributed by atoms with Crippen LogP contribution >= 0.6 is 0 Å². The summed E-state index contributed by atoms with van der Waals surface area (Å²) >= 11 is 0. The van der Waals surface area contributed by atoms with Crippen LogP contribution in [0.2, 0.25) is 0 Å². The fourth-order valence-electron chi connectivity index (χ4n) is 8.55. The highest BCUT2D eigenvalue weighted by Crippen LogP contribution is 2.78. The van der Waals surface area contributed by atoms with Gasteiger partial charge in [-0.2, -0.15) is 0 Å². The number of carboxylic acid groups (broad SMARTS) is 1. The molecule has 2 aliphatic heterocycles. The van der Waals surface area contributed by atoms with Crippen LogP contribution < -0.4 is 0 Å². The molecule has 25 heavy (non-hydrogen) atoms. The van der Waals surface area contributed by atoms with Crippen LogP contribution in [0.4, 0.5) is 0 Å². The van der Waals surface area contributed by atoms with Crippen molar-refractivity contribution in [1.82, 2.24) is 0 Å². The molecule has 6 fully saturated rings. The van der Waals surface area contributed by atoms with E-state index >= 15 is 0 Å². The van der Waals surface area contributed by atoms with Gasteiger partial charge in [-0.15, -0.1) is 0 Å². The summed E-state index contributed by atoms with van der Waals surface area (Å²) in [6.07, 6.45) is 4.42. The van der Waals surface area contributed by atoms with Crippen LogP contribution in [0, 0.1) is 28.1 Å². The quantitative estimate of drug-likeness (QED) is 0.676. The van der Waals surface area contributed by atoms with E-state index in [4.69, 9.17) is 4.74 Å². The maximum absolute atomic E-state index is 12.3. The van der Waals surface area contributed by atoms with E-state index in [0.717, 1.165) is 32.1 Å². The molecule has 4 aliphatic carbocycles. The fourth-order valence-corrected chi connectivity index (χ4v) is 8.55. The van der Waals surface area contributed by atoms with Gasteiger partial charge in [0.2, 0.25) is 0 Å². The fraction of sp³-hybridized carbons (Fsp3) is 0.950.